The summed E-state index contributed by atoms with van der Waals surface area (Å²) in [5.74, 6) is 1.36. The standard InChI is InChI=1S/C11H13N3O/c1-8-12-7-11(15-8)10-5-4-9(6-13-10)14(2)3/h4-7H,1-3H3. The Bertz CT molecular complexity index is 445. The van der Waals surface area contributed by atoms with Gasteiger partial charge in [-0.2, -0.15) is 0 Å². The van der Waals surface area contributed by atoms with Gasteiger partial charge >= 0.3 is 0 Å². The smallest absolute Gasteiger partial charge is 0.191 e. The molecule has 2 aromatic heterocycles. The minimum Gasteiger partial charge on any atom is -0.439 e. The summed E-state index contributed by atoms with van der Waals surface area (Å²) in [6, 6.07) is 3.93. The average Bonchev–Trinajstić information content (AvgIpc) is 2.65. The van der Waals surface area contributed by atoms with Gasteiger partial charge in [0.1, 0.15) is 5.69 Å². The lowest BCUT2D eigenvalue weighted by atomic mass is 10.3. The van der Waals surface area contributed by atoms with Crippen molar-refractivity contribution >= 4 is 5.69 Å². The summed E-state index contributed by atoms with van der Waals surface area (Å²) in [4.78, 5) is 10.3. The largest absolute Gasteiger partial charge is 0.439 e. The van der Waals surface area contributed by atoms with E-state index in [0.717, 1.165) is 11.4 Å². The van der Waals surface area contributed by atoms with Crippen LogP contribution in [0.15, 0.2) is 28.9 Å². The van der Waals surface area contributed by atoms with Gasteiger partial charge < -0.3 is 9.32 Å². The molecule has 0 bridgehead atoms. The molecule has 0 fully saturated rings. The molecule has 15 heavy (non-hydrogen) atoms. The molecular formula is C11H13N3O. The molecule has 2 aromatic rings. The fourth-order valence-corrected chi connectivity index (χ4v) is 1.28. The highest BCUT2D eigenvalue weighted by molar-refractivity contribution is 5.55. The lowest BCUT2D eigenvalue weighted by Gasteiger charge is -2.11. The number of pyridine rings is 1. The maximum absolute atomic E-state index is 5.38. The quantitative estimate of drug-likeness (QED) is 0.749. The number of anilines is 1. The van der Waals surface area contributed by atoms with E-state index in [0.29, 0.717) is 11.7 Å². The summed E-state index contributed by atoms with van der Waals surface area (Å²) in [6.45, 7) is 1.82. The van der Waals surface area contributed by atoms with Crippen LogP contribution in [0.2, 0.25) is 0 Å². The molecule has 4 nitrogen and oxygen atoms in total. The Morgan fingerprint density at radius 3 is 2.40 bits per heavy atom. The van der Waals surface area contributed by atoms with Crippen LogP contribution in [0.5, 0.6) is 0 Å². The third-order valence-electron chi connectivity index (χ3n) is 2.14. The number of oxazole rings is 1. The van der Waals surface area contributed by atoms with Crippen molar-refractivity contribution in [1.29, 1.82) is 0 Å². The molecule has 0 aliphatic heterocycles. The van der Waals surface area contributed by atoms with Gasteiger partial charge in [0.25, 0.3) is 0 Å². The number of aromatic nitrogens is 2. The minimum absolute atomic E-state index is 0.656. The molecule has 0 aromatic carbocycles. The molecule has 2 heterocycles. The number of nitrogens with zero attached hydrogens (tertiary/aromatic N) is 3. The highest BCUT2D eigenvalue weighted by Crippen LogP contribution is 2.19. The molecule has 78 valence electrons. The van der Waals surface area contributed by atoms with Crippen molar-refractivity contribution in [3.63, 3.8) is 0 Å². The third kappa shape index (κ3) is 1.98. The van der Waals surface area contributed by atoms with Gasteiger partial charge in [-0.15, -0.1) is 0 Å². The van der Waals surface area contributed by atoms with Gasteiger partial charge in [-0.3, -0.25) is 4.98 Å². The normalized spacial score (nSPS) is 10.3. The molecule has 0 N–H and O–H groups in total. The van der Waals surface area contributed by atoms with Crippen molar-refractivity contribution in [2.24, 2.45) is 0 Å². The summed E-state index contributed by atoms with van der Waals surface area (Å²) in [5.41, 5.74) is 1.87. The van der Waals surface area contributed by atoms with Crippen LogP contribution < -0.4 is 4.90 Å². The van der Waals surface area contributed by atoms with Gasteiger partial charge in [-0.25, -0.2) is 4.98 Å². The second kappa shape index (κ2) is 3.73. The molecule has 0 amide bonds. The molecule has 0 aliphatic rings. The fraction of sp³-hybridized carbons (Fsp3) is 0.273. The molecule has 2 rings (SSSR count). The van der Waals surface area contributed by atoms with Crippen LogP contribution in [0.3, 0.4) is 0 Å². The Morgan fingerprint density at radius 2 is 1.93 bits per heavy atom. The van der Waals surface area contributed by atoms with Gasteiger partial charge in [-0.1, -0.05) is 0 Å². The average molecular weight is 203 g/mol. The van der Waals surface area contributed by atoms with E-state index in [-0.39, 0.29) is 0 Å². The molecular weight excluding hydrogens is 190 g/mol. The van der Waals surface area contributed by atoms with Crippen LogP contribution in [0, 0.1) is 6.92 Å². The van der Waals surface area contributed by atoms with E-state index in [1.807, 2.05) is 44.2 Å². The number of rotatable bonds is 2. The Hall–Kier alpha value is -1.84. The SMILES string of the molecule is Cc1ncc(-c2ccc(N(C)C)cn2)o1. The Morgan fingerprint density at radius 1 is 1.13 bits per heavy atom. The zero-order valence-electron chi connectivity index (χ0n) is 9.06. The van der Waals surface area contributed by atoms with E-state index in [4.69, 9.17) is 4.42 Å². The van der Waals surface area contributed by atoms with Crippen LogP contribution in [0.1, 0.15) is 5.89 Å². The topological polar surface area (TPSA) is 42.2 Å². The summed E-state index contributed by atoms with van der Waals surface area (Å²) in [6.07, 6.45) is 3.50. The maximum Gasteiger partial charge on any atom is 0.191 e. The predicted molar refractivity (Wildman–Crippen MR) is 58.8 cm³/mol. The van der Waals surface area contributed by atoms with Crippen LogP contribution in [-0.2, 0) is 0 Å². The van der Waals surface area contributed by atoms with E-state index in [2.05, 4.69) is 9.97 Å². The molecule has 0 saturated heterocycles. The Kier molecular flexibility index (Phi) is 2.41. The molecule has 0 radical (unpaired) electrons. The summed E-state index contributed by atoms with van der Waals surface area (Å²) < 4.78 is 5.38. The van der Waals surface area contributed by atoms with Crippen molar-refractivity contribution in [2.75, 3.05) is 19.0 Å². The van der Waals surface area contributed by atoms with Crippen molar-refractivity contribution in [3.8, 4) is 11.5 Å². The van der Waals surface area contributed by atoms with E-state index < -0.39 is 0 Å². The highest BCUT2D eigenvalue weighted by atomic mass is 16.4. The van der Waals surface area contributed by atoms with Crippen LogP contribution >= 0.6 is 0 Å². The first-order valence-corrected chi connectivity index (χ1v) is 4.73. The lowest BCUT2D eigenvalue weighted by Crippen LogP contribution is -2.08. The Balaban J connectivity index is 2.31. The number of hydrogen-bond acceptors (Lipinski definition) is 4. The van der Waals surface area contributed by atoms with E-state index in [9.17, 15) is 0 Å². The van der Waals surface area contributed by atoms with Crippen LogP contribution in [-0.4, -0.2) is 24.1 Å². The predicted octanol–water partition coefficient (Wildman–Crippen LogP) is 2.11. The lowest BCUT2D eigenvalue weighted by molar-refractivity contribution is 0.532. The van der Waals surface area contributed by atoms with Crippen molar-refractivity contribution in [2.45, 2.75) is 6.92 Å². The molecule has 0 spiro atoms. The highest BCUT2D eigenvalue weighted by Gasteiger charge is 2.05. The zero-order chi connectivity index (χ0) is 10.8. The first kappa shape index (κ1) is 9.71. The van der Waals surface area contributed by atoms with Gasteiger partial charge in [0.15, 0.2) is 11.7 Å². The van der Waals surface area contributed by atoms with Crippen LogP contribution in [0.25, 0.3) is 11.5 Å². The fourth-order valence-electron chi connectivity index (χ4n) is 1.28. The molecule has 0 unspecified atom stereocenters. The van der Waals surface area contributed by atoms with E-state index in [1.54, 1.807) is 6.20 Å². The second-order valence-electron chi connectivity index (χ2n) is 3.54. The maximum atomic E-state index is 5.38. The summed E-state index contributed by atoms with van der Waals surface area (Å²) >= 11 is 0. The minimum atomic E-state index is 0.656. The Labute approximate surface area is 88.6 Å². The van der Waals surface area contributed by atoms with E-state index in [1.165, 1.54) is 0 Å². The van der Waals surface area contributed by atoms with Gasteiger partial charge in [0, 0.05) is 21.0 Å². The second-order valence-corrected chi connectivity index (χ2v) is 3.54. The van der Waals surface area contributed by atoms with Crippen molar-refractivity contribution in [3.05, 3.63) is 30.4 Å². The van der Waals surface area contributed by atoms with Gasteiger partial charge in [-0.05, 0) is 12.1 Å². The molecule has 0 atom stereocenters. The first-order chi connectivity index (χ1) is 7.16. The molecule has 0 aliphatic carbocycles. The zero-order valence-corrected chi connectivity index (χ0v) is 9.06. The monoisotopic (exact) mass is 203 g/mol. The van der Waals surface area contributed by atoms with Gasteiger partial charge in [0.2, 0.25) is 0 Å². The van der Waals surface area contributed by atoms with E-state index >= 15 is 0 Å². The third-order valence-corrected chi connectivity index (χ3v) is 2.14. The number of aryl methyl sites for hydroxylation is 1. The number of hydrogen-bond donors (Lipinski definition) is 0. The van der Waals surface area contributed by atoms with Gasteiger partial charge in [0.05, 0.1) is 18.1 Å². The molecule has 0 saturated carbocycles. The summed E-state index contributed by atoms with van der Waals surface area (Å²) in [5, 5.41) is 0. The first-order valence-electron chi connectivity index (χ1n) is 4.73. The van der Waals surface area contributed by atoms with Crippen LogP contribution in [0.4, 0.5) is 5.69 Å². The van der Waals surface area contributed by atoms with Crippen molar-refractivity contribution < 1.29 is 4.42 Å². The molecule has 4 heteroatoms. The van der Waals surface area contributed by atoms with Crippen molar-refractivity contribution in [1.82, 2.24) is 9.97 Å². The summed E-state index contributed by atoms with van der Waals surface area (Å²) in [7, 11) is 3.96.